The van der Waals surface area contributed by atoms with Gasteiger partial charge in [-0.05, 0) is 44.5 Å². The molecular weight excluding hydrogens is 210 g/mol. The zero-order valence-electron chi connectivity index (χ0n) is 10.6. The van der Waals surface area contributed by atoms with E-state index in [9.17, 15) is 0 Å². The van der Waals surface area contributed by atoms with E-state index in [2.05, 4.69) is 55.3 Å². The van der Waals surface area contributed by atoms with Crippen LogP contribution in [0.5, 0.6) is 0 Å². The summed E-state index contributed by atoms with van der Waals surface area (Å²) in [5.41, 5.74) is 9.13. The van der Waals surface area contributed by atoms with E-state index in [1.807, 2.05) is 0 Å². The number of hydrogen-bond donors (Lipinski definition) is 2. The Kier molecular flexibility index (Phi) is 3.29. The number of nitrogens with two attached hydrogens (primary N) is 1. The number of fused-ring (bicyclic) bond motifs is 1. The normalized spacial score (nSPS) is 12.7. The van der Waals surface area contributed by atoms with E-state index in [1.165, 1.54) is 16.5 Å². The number of aromatic nitrogens is 1. The van der Waals surface area contributed by atoms with Crippen LogP contribution in [0.3, 0.4) is 0 Å². The lowest BCUT2D eigenvalue weighted by Crippen LogP contribution is -2.25. The van der Waals surface area contributed by atoms with Crippen LogP contribution in [0.2, 0.25) is 0 Å². The second kappa shape index (κ2) is 4.72. The molecule has 3 heteroatoms. The lowest BCUT2D eigenvalue weighted by Gasteiger charge is -2.13. The number of nitrogens with one attached hydrogen (secondary N) is 1. The minimum absolute atomic E-state index is 0.241. The summed E-state index contributed by atoms with van der Waals surface area (Å²) in [5, 5.41) is 4.52. The van der Waals surface area contributed by atoms with Gasteiger partial charge in [-0.15, -0.1) is 0 Å². The van der Waals surface area contributed by atoms with Gasteiger partial charge >= 0.3 is 0 Å². The average molecular weight is 229 g/mol. The molecule has 0 spiro atoms. The molecule has 3 N–H and O–H groups in total. The summed E-state index contributed by atoms with van der Waals surface area (Å²) in [6.07, 6.45) is 0. The highest BCUT2D eigenvalue weighted by Gasteiger charge is 2.05. The first kappa shape index (κ1) is 11.9. The third kappa shape index (κ3) is 2.56. The Morgan fingerprint density at radius 3 is 2.76 bits per heavy atom. The van der Waals surface area contributed by atoms with Crippen LogP contribution < -0.4 is 11.1 Å². The van der Waals surface area contributed by atoms with Crippen LogP contribution in [0.25, 0.3) is 10.9 Å². The van der Waals surface area contributed by atoms with Gasteiger partial charge < -0.3 is 11.1 Å². The predicted octanol–water partition coefficient (Wildman–Crippen LogP) is 2.61. The van der Waals surface area contributed by atoms with Crippen LogP contribution in [0.4, 0.5) is 5.82 Å². The maximum atomic E-state index is 5.60. The fourth-order valence-corrected chi connectivity index (χ4v) is 1.89. The van der Waals surface area contributed by atoms with Gasteiger partial charge in [-0.2, -0.15) is 0 Å². The van der Waals surface area contributed by atoms with Crippen molar-refractivity contribution in [3.8, 4) is 0 Å². The van der Waals surface area contributed by atoms with Gasteiger partial charge in [-0.25, -0.2) is 4.98 Å². The molecule has 0 aliphatic heterocycles. The van der Waals surface area contributed by atoms with Gasteiger partial charge in [-0.1, -0.05) is 11.6 Å². The lowest BCUT2D eigenvalue weighted by atomic mass is 10.1. The van der Waals surface area contributed by atoms with E-state index >= 15 is 0 Å². The Balaban J connectivity index is 2.45. The summed E-state index contributed by atoms with van der Waals surface area (Å²) < 4.78 is 0. The number of hydrogen-bond acceptors (Lipinski definition) is 3. The van der Waals surface area contributed by atoms with Crippen LogP contribution in [0.15, 0.2) is 24.3 Å². The van der Waals surface area contributed by atoms with Gasteiger partial charge in [0.1, 0.15) is 5.82 Å². The zero-order valence-corrected chi connectivity index (χ0v) is 10.6. The van der Waals surface area contributed by atoms with Gasteiger partial charge in [0.25, 0.3) is 0 Å². The molecule has 0 amide bonds. The Bertz CT molecular complexity index is 534. The molecule has 0 saturated heterocycles. The zero-order chi connectivity index (χ0) is 12.4. The molecule has 90 valence electrons. The van der Waals surface area contributed by atoms with E-state index in [0.29, 0.717) is 6.54 Å². The quantitative estimate of drug-likeness (QED) is 0.850. The van der Waals surface area contributed by atoms with Gasteiger partial charge in [0.05, 0.1) is 5.52 Å². The second-order valence-electron chi connectivity index (χ2n) is 4.63. The van der Waals surface area contributed by atoms with Gasteiger partial charge in [0, 0.05) is 18.0 Å². The fourth-order valence-electron chi connectivity index (χ4n) is 1.89. The van der Waals surface area contributed by atoms with Crippen LogP contribution in [0.1, 0.15) is 18.1 Å². The highest BCUT2D eigenvalue weighted by molar-refractivity contribution is 5.84. The Labute approximate surface area is 102 Å². The Hall–Kier alpha value is -1.61. The maximum absolute atomic E-state index is 5.60. The summed E-state index contributed by atoms with van der Waals surface area (Å²) in [7, 11) is 0. The summed E-state index contributed by atoms with van der Waals surface area (Å²) >= 11 is 0. The van der Waals surface area contributed by atoms with Crippen LogP contribution >= 0.6 is 0 Å². The highest BCUT2D eigenvalue weighted by Crippen LogP contribution is 2.21. The minimum Gasteiger partial charge on any atom is -0.366 e. The maximum Gasteiger partial charge on any atom is 0.127 e. The number of anilines is 1. The molecule has 2 aromatic rings. The molecule has 1 atom stereocenters. The Morgan fingerprint density at radius 2 is 2.06 bits per heavy atom. The smallest absolute Gasteiger partial charge is 0.127 e. The molecule has 0 fully saturated rings. The molecule has 0 bridgehead atoms. The summed E-state index contributed by atoms with van der Waals surface area (Å²) in [5.74, 6) is 0.900. The standard InChI is InChI=1S/C14H19N3/c1-9-4-5-13-12(6-9)10(2)7-14(17-13)16-11(3)8-15/h4-7,11H,8,15H2,1-3H3,(H,16,17). The molecule has 3 nitrogen and oxygen atoms in total. The average Bonchev–Trinajstić information content (AvgIpc) is 2.30. The molecule has 0 radical (unpaired) electrons. The monoisotopic (exact) mass is 229 g/mol. The van der Waals surface area contributed by atoms with Crippen molar-refractivity contribution in [3.63, 3.8) is 0 Å². The lowest BCUT2D eigenvalue weighted by molar-refractivity contribution is 0.799. The first-order valence-electron chi connectivity index (χ1n) is 5.95. The van der Waals surface area contributed by atoms with Crippen LogP contribution in [0, 0.1) is 13.8 Å². The van der Waals surface area contributed by atoms with E-state index in [4.69, 9.17) is 5.73 Å². The van der Waals surface area contributed by atoms with Crippen LogP contribution in [-0.4, -0.2) is 17.6 Å². The Morgan fingerprint density at radius 1 is 1.29 bits per heavy atom. The molecule has 0 aliphatic rings. The van der Waals surface area contributed by atoms with E-state index in [0.717, 1.165) is 11.3 Å². The van der Waals surface area contributed by atoms with Crippen molar-refractivity contribution in [1.82, 2.24) is 4.98 Å². The van der Waals surface area contributed by atoms with Crippen molar-refractivity contribution in [2.75, 3.05) is 11.9 Å². The van der Waals surface area contributed by atoms with Gasteiger partial charge in [0.2, 0.25) is 0 Å². The first-order valence-corrected chi connectivity index (χ1v) is 5.95. The molecule has 17 heavy (non-hydrogen) atoms. The SMILES string of the molecule is Cc1ccc2nc(NC(C)CN)cc(C)c2c1. The van der Waals surface area contributed by atoms with Gasteiger partial charge in [0.15, 0.2) is 0 Å². The van der Waals surface area contributed by atoms with E-state index in [1.54, 1.807) is 0 Å². The number of nitrogens with zero attached hydrogens (tertiary/aromatic N) is 1. The summed E-state index contributed by atoms with van der Waals surface area (Å²) in [4.78, 5) is 4.60. The van der Waals surface area contributed by atoms with Crippen molar-refractivity contribution in [1.29, 1.82) is 0 Å². The molecule has 1 aromatic carbocycles. The number of rotatable bonds is 3. The molecule has 1 aromatic heterocycles. The van der Waals surface area contributed by atoms with E-state index in [-0.39, 0.29) is 6.04 Å². The molecule has 2 rings (SSSR count). The largest absolute Gasteiger partial charge is 0.366 e. The van der Waals surface area contributed by atoms with Gasteiger partial charge in [-0.3, -0.25) is 0 Å². The molecular formula is C14H19N3. The fraction of sp³-hybridized carbons (Fsp3) is 0.357. The highest BCUT2D eigenvalue weighted by atomic mass is 15.0. The van der Waals surface area contributed by atoms with Crippen molar-refractivity contribution in [2.45, 2.75) is 26.8 Å². The van der Waals surface area contributed by atoms with E-state index < -0.39 is 0 Å². The third-order valence-corrected chi connectivity index (χ3v) is 2.92. The van der Waals surface area contributed by atoms with Crippen LogP contribution in [-0.2, 0) is 0 Å². The second-order valence-corrected chi connectivity index (χ2v) is 4.63. The predicted molar refractivity (Wildman–Crippen MR) is 73.4 cm³/mol. The molecule has 1 unspecified atom stereocenters. The summed E-state index contributed by atoms with van der Waals surface area (Å²) in [6, 6.07) is 8.65. The minimum atomic E-state index is 0.241. The summed E-state index contributed by atoms with van der Waals surface area (Å²) in [6.45, 7) is 6.87. The topological polar surface area (TPSA) is 50.9 Å². The van der Waals surface area contributed by atoms with Crippen molar-refractivity contribution in [3.05, 3.63) is 35.4 Å². The number of aryl methyl sites for hydroxylation is 2. The first-order chi connectivity index (χ1) is 8.10. The molecule has 0 aliphatic carbocycles. The number of pyridine rings is 1. The number of benzene rings is 1. The van der Waals surface area contributed by atoms with Crippen molar-refractivity contribution < 1.29 is 0 Å². The molecule has 0 saturated carbocycles. The van der Waals surface area contributed by atoms with Crippen molar-refractivity contribution in [2.24, 2.45) is 5.73 Å². The molecule has 1 heterocycles. The van der Waals surface area contributed by atoms with Crippen molar-refractivity contribution >= 4 is 16.7 Å². The third-order valence-electron chi connectivity index (χ3n) is 2.92.